The van der Waals surface area contributed by atoms with Gasteiger partial charge in [-0.2, -0.15) is 0 Å². The summed E-state index contributed by atoms with van der Waals surface area (Å²) in [5, 5.41) is 12.1. The van der Waals surface area contributed by atoms with Gasteiger partial charge in [0.25, 0.3) is 5.91 Å². The molecule has 0 saturated heterocycles. The van der Waals surface area contributed by atoms with E-state index in [1.807, 2.05) is 0 Å². The second-order valence-corrected chi connectivity index (χ2v) is 7.98. The first kappa shape index (κ1) is 19.5. The highest BCUT2D eigenvalue weighted by molar-refractivity contribution is 6.06. The Balaban J connectivity index is 1.57. The van der Waals surface area contributed by atoms with E-state index >= 15 is 0 Å². The number of ether oxygens (including phenoxy) is 2. The van der Waals surface area contributed by atoms with E-state index in [0.29, 0.717) is 17.2 Å². The van der Waals surface area contributed by atoms with E-state index in [4.69, 9.17) is 19.3 Å². The maximum absolute atomic E-state index is 13.1. The molecule has 31 heavy (non-hydrogen) atoms. The van der Waals surface area contributed by atoms with Gasteiger partial charge in [-0.3, -0.25) is 10.2 Å². The van der Waals surface area contributed by atoms with Crippen LogP contribution in [0, 0.1) is 5.41 Å². The first-order valence-electron chi connectivity index (χ1n) is 10.5. The number of hydrogen-bond acceptors (Lipinski definition) is 6. The standard InChI is InChI=1S/C24H25N3O4/c1-29-16-7-8-20(30-2)19(13-16)26-24(28)18-12-15-11-14-5-3-9-27-10-4-6-17(21(14)27)22(15)31-23(18)25/h7-8,11-13,25H,3-6,9-10H2,1-2H3,(H,26,28). The molecule has 0 saturated carbocycles. The van der Waals surface area contributed by atoms with Gasteiger partial charge < -0.3 is 24.1 Å². The lowest BCUT2D eigenvalue weighted by Crippen LogP contribution is -2.34. The number of aryl methyl sites for hydroxylation is 2. The van der Waals surface area contributed by atoms with Gasteiger partial charge in [-0.1, -0.05) is 0 Å². The molecule has 0 spiro atoms. The summed E-state index contributed by atoms with van der Waals surface area (Å²) in [6, 6.07) is 9.07. The van der Waals surface area contributed by atoms with Crippen molar-refractivity contribution in [1.29, 1.82) is 5.41 Å². The minimum atomic E-state index is -0.421. The van der Waals surface area contributed by atoms with E-state index in [9.17, 15) is 4.79 Å². The Labute approximate surface area is 180 Å². The number of benzene rings is 2. The van der Waals surface area contributed by atoms with Crippen LogP contribution in [-0.4, -0.2) is 33.2 Å². The molecule has 7 heteroatoms. The van der Waals surface area contributed by atoms with Crippen LogP contribution < -0.4 is 25.2 Å². The molecule has 0 bridgehead atoms. The van der Waals surface area contributed by atoms with Gasteiger partial charge in [0.1, 0.15) is 22.6 Å². The van der Waals surface area contributed by atoms with Gasteiger partial charge in [0, 0.05) is 35.8 Å². The predicted octanol–water partition coefficient (Wildman–Crippen LogP) is 3.88. The Morgan fingerprint density at radius 2 is 1.90 bits per heavy atom. The summed E-state index contributed by atoms with van der Waals surface area (Å²) in [6.07, 6.45) is 4.17. The number of carbonyl (C=O) groups excluding carboxylic acids is 1. The van der Waals surface area contributed by atoms with E-state index in [2.05, 4.69) is 16.3 Å². The number of fused-ring (bicyclic) bond motifs is 2. The summed E-state index contributed by atoms with van der Waals surface area (Å²) in [5.41, 5.74) is 5.01. The first-order valence-corrected chi connectivity index (χ1v) is 10.5. The Morgan fingerprint density at radius 1 is 1.10 bits per heavy atom. The Morgan fingerprint density at radius 3 is 2.68 bits per heavy atom. The van der Waals surface area contributed by atoms with Crippen molar-refractivity contribution in [3.05, 3.63) is 52.6 Å². The third-order valence-corrected chi connectivity index (χ3v) is 6.15. The summed E-state index contributed by atoms with van der Waals surface area (Å²) in [4.78, 5) is 15.5. The highest BCUT2D eigenvalue weighted by Gasteiger charge is 2.27. The number of carbonyl (C=O) groups is 1. The SMILES string of the molecule is COc1ccc(OC)c(NC(=O)c2cc3cc4c5c(c3oc2=N)CCCN5CCC4)c1. The minimum Gasteiger partial charge on any atom is -0.497 e. The molecule has 1 amide bonds. The van der Waals surface area contributed by atoms with Crippen LogP contribution in [0.1, 0.15) is 34.3 Å². The lowest BCUT2D eigenvalue weighted by molar-refractivity contribution is 0.102. The zero-order chi connectivity index (χ0) is 21.5. The monoisotopic (exact) mass is 419 g/mol. The zero-order valence-electron chi connectivity index (χ0n) is 17.7. The number of methoxy groups -OCH3 is 2. The van der Waals surface area contributed by atoms with Gasteiger partial charge in [0.05, 0.1) is 19.9 Å². The largest absolute Gasteiger partial charge is 0.497 e. The molecule has 3 heterocycles. The normalized spacial score (nSPS) is 14.8. The van der Waals surface area contributed by atoms with Crippen LogP contribution in [0.4, 0.5) is 11.4 Å². The molecule has 5 rings (SSSR count). The lowest BCUT2D eigenvalue weighted by atomic mass is 9.90. The van der Waals surface area contributed by atoms with Crippen molar-refractivity contribution >= 4 is 28.3 Å². The molecule has 0 radical (unpaired) electrons. The fourth-order valence-corrected chi connectivity index (χ4v) is 4.73. The number of anilines is 2. The number of nitrogens with one attached hydrogen (secondary N) is 2. The summed E-state index contributed by atoms with van der Waals surface area (Å²) in [7, 11) is 3.10. The summed E-state index contributed by atoms with van der Waals surface area (Å²) < 4.78 is 16.5. The average Bonchev–Trinajstić information content (AvgIpc) is 2.79. The van der Waals surface area contributed by atoms with Crippen LogP contribution in [0.3, 0.4) is 0 Å². The van der Waals surface area contributed by atoms with Gasteiger partial charge in [-0.25, -0.2) is 0 Å². The molecule has 7 nitrogen and oxygen atoms in total. The van der Waals surface area contributed by atoms with Crippen LogP contribution in [-0.2, 0) is 12.8 Å². The number of hydrogen-bond donors (Lipinski definition) is 2. The van der Waals surface area contributed by atoms with Crippen molar-refractivity contribution < 1.29 is 18.7 Å². The molecule has 0 unspecified atom stereocenters. The molecular formula is C24H25N3O4. The molecule has 0 atom stereocenters. The third kappa shape index (κ3) is 3.30. The second-order valence-electron chi connectivity index (χ2n) is 7.98. The second kappa shape index (κ2) is 7.65. The van der Waals surface area contributed by atoms with Gasteiger partial charge in [-0.05, 0) is 55.5 Å². The van der Waals surface area contributed by atoms with E-state index in [1.54, 1.807) is 31.4 Å². The van der Waals surface area contributed by atoms with Crippen LogP contribution in [0.25, 0.3) is 11.0 Å². The average molecular weight is 419 g/mol. The molecule has 3 aromatic rings. The van der Waals surface area contributed by atoms with Crippen molar-refractivity contribution in [2.45, 2.75) is 25.7 Å². The molecule has 0 aliphatic carbocycles. The molecule has 2 aliphatic heterocycles. The van der Waals surface area contributed by atoms with Gasteiger partial charge in [0.2, 0.25) is 5.55 Å². The number of amides is 1. The Hall–Kier alpha value is -3.48. The summed E-state index contributed by atoms with van der Waals surface area (Å²) in [5.74, 6) is 0.688. The number of nitrogens with zero attached hydrogens (tertiary/aromatic N) is 1. The maximum atomic E-state index is 13.1. The van der Waals surface area contributed by atoms with Crippen molar-refractivity contribution in [1.82, 2.24) is 0 Å². The quantitative estimate of drug-likeness (QED) is 0.670. The van der Waals surface area contributed by atoms with Crippen LogP contribution in [0.5, 0.6) is 11.5 Å². The molecule has 2 aliphatic rings. The third-order valence-electron chi connectivity index (χ3n) is 6.15. The summed E-state index contributed by atoms with van der Waals surface area (Å²) >= 11 is 0. The number of rotatable bonds is 4. The highest BCUT2D eigenvalue weighted by atomic mass is 16.5. The van der Waals surface area contributed by atoms with Crippen molar-refractivity contribution in [3.63, 3.8) is 0 Å². The fraction of sp³-hybridized carbons (Fsp3) is 0.333. The van der Waals surface area contributed by atoms with Crippen molar-refractivity contribution in [3.8, 4) is 11.5 Å². The van der Waals surface area contributed by atoms with Crippen LogP contribution in [0.15, 0.2) is 34.7 Å². The van der Waals surface area contributed by atoms with E-state index in [0.717, 1.165) is 49.7 Å². The molecule has 0 fully saturated rings. The summed E-state index contributed by atoms with van der Waals surface area (Å²) in [6.45, 7) is 2.14. The molecule has 2 N–H and O–H groups in total. The molecule has 2 aromatic carbocycles. The molecular weight excluding hydrogens is 394 g/mol. The molecule has 1 aromatic heterocycles. The highest BCUT2D eigenvalue weighted by Crippen LogP contribution is 2.39. The van der Waals surface area contributed by atoms with E-state index < -0.39 is 5.91 Å². The van der Waals surface area contributed by atoms with Gasteiger partial charge in [0.15, 0.2) is 0 Å². The van der Waals surface area contributed by atoms with Crippen molar-refractivity contribution in [2.24, 2.45) is 0 Å². The van der Waals surface area contributed by atoms with Crippen LogP contribution in [0.2, 0.25) is 0 Å². The van der Waals surface area contributed by atoms with Gasteiger partial charge in [-0.15, -0.1) is 0 Å². The van der Waals surface area contributed by atoms with Gasteiger partial charge >= 0.3 is 0 Å². The minimum absolute atomic E-state index is 0.143. The topological polar surface area (TPSA) is 87.8 Å². The van der Waals surface area contributed by atoms with E-state index in [1.165, 1.54) is 23.9 Å². The zero-order valence-corrected chi connectivity index (χ0v) is 17.7. The van der Waals surface area contributed by atoms with E-state index in [-0.39, 0.29) is 11.1 Å². The Kier molecular flexibility index (Phi) is 4.81. The first-order chi connectivity index (χ1) is 15.1. The lowest BCUT2D eigenvalue weighted by Gasteiger charge is -2.37. The maximum Gasteiger partial charge on any atom is 0.261 e. The van der Waals surface area contributed by atoms with Crippen LogP contribution >= 0.6 is 0 Å². The predicted molar refractivity (Wildman–Crippen MR) is 118 cm³/mol. The molecule has 160 valence electrons. The smallest absolute Gasteiger partial charge is 0.261 e. The van der Waals surface area contributed by atoms with Crippen molar-refractivity contribution in [2.75, 3.05) is 37.5 Å². The Bertz CT molecular complexity index is 1250. The fourth-order valence-electron chi connectivity index (χ4n) is 4.73.